The fourth-order valence-electron chi connectivity index (χ4n) is 0.983. The summed E-state index contributed by atoms with van der Waals surface area (Å²) in [6.07, 6.45) is 8.60. The lowest BCUT2D eigenvalue weighted by Crippen LogP contribution is -1.79. The first-order valence-electron chi connectivity index (χ1n) is 4.04. The third kappa shape index (κ3) is 2.42. The van der Waals surface area contributed by atoms with Gasteiger partial charge in [0.2, 0.25) is 0 Å². The second-order valence-electron chi connectivity index (χ2n) is 3.03. The summed E-state index contributed by atoms with van der Waals surface area (Å²) in [5.74, 6) is 0. The van der Waals surface area contributed by atoms with Crippen LogP contribution >= 0.6 is 0 Å². The van der Waals surface area contributed by atoms with Crippen LogP contribution in [0.25, 0.3) is 0 Å². The van der Waals surface area contributed by atoms with Gasteiger partial charge in [-0.1, -0.05) is 24.3 Å². The third-order valence-electron chi connectivity index (χ3n) is 1.70. The van der Waals surface area contributed by atoms with Gasteiger partial charge in [-0.15, -0.1) is 0 Å². The molecule has 0 N–H and O–H groups in total. The van der Waals surface area contributed by atoms with Crippen molar-refractivity contribution in [2.75, 3.05) is 0 Å². The molecule has 1 rings (SSSR count). The molecule has 0 fully saturated rings. The van der Waals surface area contributed by atoms with Gasteiger partial charge in [0.15, 0.2) is 0 Å². The number of aryl methyl sites for hydroxylation is 1. The molecule has 0 spiro atoms. The lowest BCUT2D eigenvalue weighted by atomic mass is 10.1. The van der Waals surface area contributed by atoms with Crippen molar-refractivity contribution in [2.24, 2.45) is 0 Å². The van der Waals surface area contributed by atoms with Gasteiger partial charge >= 0.3 is 0 Å². The standard InChI is InChI=1S/C11H14O/c1-9(2)5-4-6-11-8-12-7-10(11)3/h4-5,7-8H,1,6H2,2-3H3. The highest BCUT2D eigenvalue weighted by Gasteiger charge is 1.96. The molecule has 0 saturated carbocycles. The predicted molar refractivity (Wildman–Crippen MR) is 51.1 cm³/mol. The first kappa shape index (κ1) is 8.85. The van der Waals surface area contributed by atoms with E-state index in [9.17, 15) is 0 Å². The molecule has 0 saturated heterocycles. The molecule has 0 radical (unpaired) electrons. The van der Waals surface area contributed by atoms with Crippen LogP contribution in [-0.2, 0) is 6.42 Å². The molecule has 0 aliphatic carbocycles. The Hall–Kier alpha value is -1.24. The molecule has 0 amide bonds. The Bertz CT molecular complexity index is 292. The molecule has 1 aromatic rings. The summed E-state index contributed by atoms with van der Waals surface area (Å²) in [5.41, 5.74) is 3.53. The Kier molecular flexibility index (Phi) is 2.92. The fraction of sp³-hybridized carbons (Fsp3) is 0.273. The monoisotopic (exact) mass is 162 g/mol. The molecule has 0 aliphatic heterocycles. The van der Waals surface area contributed by atoms with E-state index < -0.39 is 0 Å². The second kappa shape index (κ2) is 3.96. The van der Waals surface area contributed by atoms with Crippen molar-refractivity contribution in [3.63, 3.8) is 0 Å². The summed E-state index contributed by atoms with van der Waals surface area (Å²) in [6.45, 7) is 7.82. The van der Waals surface area contributed by atoms with E-state index in [2.05, 4.69) is 12.7 Å². The predicted octanol–water partition coefficient (Wildman–Crippen LogP) is 3.26. The van der Waals surface area contributed by atoms with Gasteiger partial charge in [0.25, 0.3) is 0 Å². The molecule has 64 valence electrons. The van der Waals surface area contributed by atoms with Crippen LogP contribution < -0.4 is 0 Å². The smallest absolute Gasteiger partial charge is 0.0940 e. The SMILES string of the molecule is C=C(C)C=CCc1cocc1C. The van der Waals surface area contributed by atoms with E-state index in [1.807, 2.05) is 19.9 Å². The van der Waals surface area contributed by atoms with Crippen LogP contribution in [0, 0.1) is 6.92 Å². The highest BCUT2D eigenvalue weighted by molar-refractivity contribution is 5.23. The van der Waals surface area contributed by atoms with Crippen molar-refractivity contribution in [3.05, 3.63) is 48.0 Å². The zero-order valence-corrected chi connectivity index (χ0v) is 7.63. The van der Waals surface area contributed by atoms with Gasteiger partial charge in [0.1, 0.15) is 0 Å². The molecule has 1 heteroatoms. The van der Waals surface area contributed by atoms with Gasteiger partial charge in [-0.25, -0.2) is 0 Å². The minimum Gasteiger partial charge on any atom is -0.472 e. The van der Waals surface area contributed by atoms with E-state index in [1.54, 1.807) is 12.5 Å². The molecule has 0 aromatic carbocycles. The molecule has 0 unspecified atom stereocenters. The van der Waals surface area contributed by atoms with Crippen molar-refractivity contribution in [3.8, 4) is 0 Å². The van der Waals surface area contributed by atoms with Gasteiger partial charge in [0.05, 0.1) is 12.5 Å². The van der Waals surface area contributed by atoms with Crippen molar-refractivity contribution in [1.29, 1.82) is 0 Å². The summed E-state index contributed by atoms with van der Waals surface area (Å²) in [6, 6.07) is 0. The molecular formula is C11H14O. The number of allylic oxidation sites excluding steroid dienone is 3. The van der Waals surface area contributed by atoms with E-state index in [-0.39, 0.29) is 0 Å². The average Bonchev–Trinajstić information content (AvgIpc) is 2.36. The largest absolute Gasteiger partial charge is 0.472 e. The topological polar surface area (TPSA) is 13.1 Å². The van der Waals surface area contributed by atoms with Crippen molar-refractivity contribution in [1.82, 2.24) is 0 Å². The van der Waals surface area contributed by atoms with E-state index in [1.165, 1.54) is 11.1 Å². The quantitative estimate of drug-likeness (QED) is 0.622. The van der Waals surface area contributed by atoms with Gasteiger partial charge in [-0.05, 0) is 31.4 Å². The molecule has 0 atom stereocenters. The lowest BCUT2D eigenvalue weighted by molar-refractivity contribution is 0.563. The Balaban J connectivity index is 2.54. The maximum atomic E-state index is 5.05. The summed E-state index contributed by atoms with van der Waals surface area (Å²) < 4.78 is 5.05. The minimum absolute atomic E-state index is 0.926. The van der Waals surface area contributed by atoms with Gasteiger partial charge in [0, 0.05) is 0 Å². The Morgan fingerprint density at radius 1 is 1.58 bits per heavy atom. The van der Waals surface area contributed by atoms with E-state index in [0.29, 0.717) is 0 Å². The number of hydrogen-bond donors (Lipinski definition) is 0. The molecule has 1 aromatic heterocycles. The molecule has 1 nitrogen and oxygen atoms in total. The van der Waals surface area contributed by atoms with Crippen LogP contribution in [0.15, 0.2) is 41.2 Å². The second-order valence-corrected chi connectivity index (χ2v) is 3.03. The minimum atomic E-state index is 0.926. The van der Waals surface area contributed by atoms with E-state index in [4.69, 9.17) is 4.42 Å². The van der Waals surface area contributed by atoms with Crippen LogP contribution in [0.2, 0.25) is 0 Å². The molecule has 1 heterocycles. The summed E-state index contributed by atoms with van der Waals surface area (Å²) >= 11 is 0. The number of hydrogen-bond acceptors (Lipinski definition) is 1. The Morgan fingerprint density at radius 3 is 2.83 bits per heavy atom. The van der Waals surface area contributed by atoms with E-state index in [0.717, 1.165) is 12.0 Å². The molecular weight excluding hydrogens is 148 g/mol. The fourth-order valence-corrected chi connectivity index (χ4v) is 0.983. The van der Waals surface area contributed by atoms with Crippen LogP contribution in [0.3, 0.4) is 0 Å². The zero-order valence-electron chi connectivity index (χ0n) is 7.63. The summed E-state index contributed by atoms with van der Waals surface area (Å²) in [7, 11) is 0. The summed E-state index contributed by atoms with van der Waals surface area (Å²) in [4.78, 5) is 0. The molecule has 12 heavy (non-hydrogen) atoms. The van der Waals surface area contributed by atoms with Crippen molar-refractivity contribution < 1.29 is 4.42 Å². The normalized spacial score (nSPS) is 10.8. The van der Waals surface area contributed by atoms with Crippen molar-refractivity contribution in [2.45, 2.75) is 20.3 Å². The van der Waals surface area contributed by atoms with Gasteiger partial charge < -0.3 is 4.42 Å². The van der Waals surface area contributed by atoms with Crippen LogP contribution in [-0.4, -0.2) is 0 Å². The molecule has 0 bridgehead atoms. The first-order valence-corrected chi connectivity index (χ1v) is 4.04. The zero-order chi connectivity index (χ0) is 8.97. The maximum absolute atomic E-state index is 5.05. The van der Waals surface area contributed by atoms with Gasteiger partial charge in [-0.3, -0.25) is 0 Å². The van der Waals surface area contributed by atoms with Crippen LogP contribution in [0.4, 0.5) is 0 Å². The van der Waals surface area contributed by atoms with Crippen LogP contribution in [0.1, 0.15) is 18.1 Å². The summed E-state index contributed by atoms with van der Waals surface area (Å²) in [5, 5.41) is 0. The maximum Gasteiger partial charge on any atom is 0.0940 e. The lowest BCUT2D eigenvalue weighted by Gasteiger charge is -1.90. The highest BCUT2D eigenvalue weighted by Crippen LogP contribution is 2.09. The average molecular weight is 162 g/mol. The Labute approximate surface area is 73.4 Å². The third-order valence-corrected chi connectivity index (χ3v) is 1.70. The number of furan rings is 1. The van der Waals surface area contributed by atoms with Crippen molar-refractivity contribution >= 4 is 0 Å². The molecule has 0 aliphatic rings. The van der Waals surface area contributed by atoms with E-state index >= 15 is 0 Å². The Morgan fingerprint density at radius 2 is 2.33 bits per heavy atom. The highest BCUT2D eigenvalue weighted by atomic mass is 16.3. The van der Waals surface area contributed by atoms with Gasteiger partial charge in [-0.2, -0.15) is 0 Å². The number of rotatable bonds is 3. The van der Waals surface area contributed by atoms with Crippen LogP contribution in [0.5, 0.6) is 0 Å². The first-order chi connectivity index (χ1) is 5.70.